The Labute approximate surface area is 179 Å². The molecule has 2 amide bonds. The number of hydrogen-bond donors (Lipinski definition) is 0. The van der Waals surface area contributed by atoms with Gasteiger partial charge < -0.3 is 0 Å². The van der Waals surface area contributed by atoms with Crippen LogP contribution in [0.1, 0.15) is 17.2 Å². The lowest BCUT2D eigenvalue weighted by Crippen LogP contribution is -2.36. The SMILES string of the molecule is O=C1[C@H]2[C@H](ON(c3ccccc3)[C@@H]2c2ccc(Cl)cc2)C(=O)N1Cc1ccccc1. The van der Waals surface area contributed by atoms with Crippen molar-refractivity contribution in [1.82, 2.24) is 4.90 Å². The van der Waals surface area contributed by atoms with Gasteiger partial charge in [0, 0.05) is 5.02 Å². The molecule has 0 saturated carbocycles. The van der Waals surface area contributed by atoms with E-state index < -0.39 is 18.1 Å². The first-order chi connectivity index (χ1) is 14.6. The van der Waals surface area contributed by atoms with Crippen LogP contribution in [0.4, 0.5) is 5.69 Å². The van der Waals surface area contributed by atoms with Gasteiger partial charge in [0.2, 0.25) is 5.91 Å². The first-order valence-electron chi connectivity index (χ1n) is 9.79. The summed E-state index contributed by atoms with van der Waals surface area (Å²) in [5.74, 6) is -1.14. The molecule has 2 aliphatic heterocycles. The molecule has 0 N–H and O–H groups in total. The summed E-state index contributed by atoms with van der Waals surface area (Å²) < 4.78 is 0. The monoisotopic (exact) mass is 418 g/mol. The van der Waals surface area contributed by atoms with Gasteiger partial charge in [-0.15, -0.1) is 0 Å². The highest BCUT2D eigenvalue weighted by Crippen LogP contribution is 2.47. The van der Waals surface area contributed by atoms with Crippen LogP contribution < -0.4 is 5.06 Å². The van der Waals surface area contributed by atoms with Crippen molar-refractivity contribution >= 4 is 29.1 Å². The third kappa shape index (κ3) is 3.16. The first-order valence-corrected chi connectivity index (χ1v) is 10.2. The van der Waals surface area contributed by atoms with Crippen LogP contribution in [0.5, 0.6) is 0 Å². The molecular formula is C24H19ClN2O3. The number of para-hydroxylation sites is 1. The van der Waals surface area contributed by atoms with Gasteiger partial charge in [0.15, 0.2) is 6.10 Å². The maximum atomic E-state index is 13.4. The highest BCUT2D eigenvalue weighted by Gasteiger charge is 2.59. The number of nitrogens with zero attached hydrogens (tertiary/aromatic N) is 2. The van der Waals surface area contributed by atoms with Crippen LogP contribution in [0.15, 0.2) is 84.9 Å². The number of benzene rings is 3. The van der Waals surface area contributed by atoms with Crippen LogP contribution in [0.2, 0.25) is 5.02 Å². The fraction of sp³-hybridized carbons (Fsp3) is 0.167. The second-order valence-corrected chi connectivity index (χ2v) is 7.89. The minimum Gasteiger partial charge on any atom is -0.275 e. The molecule has 0 aliphatic carbocycles. The van der Waals surface area contributed by atoms with Crippen LogP contribution in [0.3, 0.4) is 0 Å². The Bertz CT molecular complexity index is 1070. The first kappa shape index (κ1) is 18.9. The quantitative estimate of drug-likeness (QED) is 0.590. The molecular weight excluding hydrogens is 400 g/mol. The van der Waals surface area contributed by atoms with E-state index in [4.69, 9.17) is 16.4 Å². The van der Waals surface area contributed by atoms with Crippen molar-refractivity contribution in [3.8, 4) is 0 Å². The van der Waals surface area contributed by atoms with Crippen molar-refractivity contribution in [2.75, 3.05) is 5.06 Å². The van der Waals surface area contributed by atoms with E-state index in [-0.39, 0.29) is 18.4 Å². The van der Waals surface area contributed by atoms with Gasteiger partial charge in [-0.3, -0.25) is 19.3 Å². The number of halogens is 1. The fourth-order valence-electron chi connectivity index (χ4n) is 4.19. The average molecular weight is 419 g/mol. The van der Waals surface area contributed by atoms with E-state index in [0.717, 1.165) is 16.8 Å². The third-order valence-corrected chi connectivity index (χ3v) is 5.86. The number of amides is 2. The molecule has 3 atom stereocenters. The predicted molar refractivity (Wildman–Crippen MR) is 113 cm³/mol. The van der Waals surface area contributed by atoms with Crippen LogP contribution in [0.25, 0.3) is 0 Å². The summed E-state index contributed by atoms with van der Waals surface area (Å²) in [6.07, 6.45) is -0.845. The number of hydroxylamine groups is 1. The lowest BCUT2D eigenvalue weighted by atomic mass is 9.90. The van der Waals surface area contributed by atoms with Gasteiger partial charge in [-0.05, 0) is 35.4 Å². The number of anilines is 1. The molecule has 0 spiro atoms. The Hall–Kier alpha value is -3.15. The predicted octanol–water partition coefficient (Wildman–Crippen LogP) is 4.39. The van der Waals surface area contributed by atoms with Gasteiger partial charge in [0.25, 0.3) is 5.91 Å². The standard InChI is InChI=1S/C24H19ClN2O3/c25-18-13-11-17(12-14-18)21-20-22(30-27(21)19-9-5-2-6-10-19)24(29)26(23(20)28)15-16-7-3-1-4-8-16/h1-14,20-22H,15H2/t20-,21-,22+/m1/s1. The highest BCUT2D eigenvalue weighted by molar-refractivity contribution is 6.30. The molecule has 2 fully saturated rings. The summed E-state index contributed by atoms with van der Waals surface area (Å²) >= 11 is 6.07. The van der Waals surface area contributed by atoms with Gasteiger partial charge in [-0.25, -0.2) is 5.06 Å². The molecule has 2 saturated heterocycles. The van der Waals surface area contributed by atoms with Crippen LogP contribution in [0, 0.1) is 5.92 Å². The van der Waals surface area contributed by atoms with Crippen molar-refractivity contribution in [1.29, 1.82) is 0 Å². The molecule has 30 heavy (non-hydrogen) atoms. The normalized spacial score (nSPS) is 23.2. The minimum absolute atomic E-state index is 0.216. The van der Waals surface area contributed by atoms with Crippen molar-refractivity contribution in [3.05, 3.63) is 101 Å². The molecule has 150 valence electrons. The second kappa shape index (κ2) is 7.59. The molecule has 0 unspecified atom stereocenters. The maximum Gasteiger partial charge on any atom is 0.262 e. The van der Waals surface area contributed by atoms with Crippen LogP contribution >= 0.6 is 11.6 Å². The van der Waals surface area contributed by atoms with E-state index in [1.165, 1.54) is 4.90 Å². The van der Waals surface area contributed by atoms with E-state index in [0.29, 0.717) is 5.02 Å². The molecule has 0 bridgehead atoms. The highest BCUT2D eigenvalue weighted by atomic mass is 35.5. The van der Waals surface area contributed by atoms with E-state index >= 15 is 0 Å². The van der Waals surface area contributed by atoms with Crippen LogP contribution in [-0.2, 0) is 21.0 Å². The Morgan fingerprint density at radius 1 is 0.800 bits per heavy atom. The largest absolute Gasteiger partial charge is 0.275 e. The summed E-state index contributed by atoms with van der Waals surface area (Å²) in [6, 6.07) is 25.9. The molecule has 5 rings (SSSR count). The zero-order chi connectivity index (χ0) is 20.7. The van der Waals surface area contributed by atoms with Crippen molar-refractivity contribution < 1.29 is 14.4 Å². The van der Waals surface area contributed by atoms with Crippen LogP contribution in [-0.4, -0.2) is 22.8 Å². The van der Waals surface area contributed by atoms with E-state index in [2.05, 4.69) is 0 Å². The van der Waals surface area contributed by atoms with E-state index in [1.807, 2.05) is 72.8 Å². The zero-order valence-corrected chi connectivity index (χ0v) is 16.8. The molecule has 5 nitrogen and oxygen atoms in total. The molecule has 3 aromatic carbocycles. The number of hydrogen-bond acceptors (Lipinski definition) is 4. The van der Waals surface area contributed by atoms with Gasteiger partial charge in [-0.1, -0.05) is 72.3 Å². The molecule has 2 heterocycles. The number of imide groups is 1. The van der Waals surface area contributed by atoms with Crippen molar-refractivity contribution in [2.24, 2.45) is 5.92 Å². The van der Waals surface area contributed by atoms with Gasteiger partial charge >= 0.3 is 0 Å². The molecule has 2 aliphatic rings. The molecule has 0 aromatic heterocycles. The number of fused-ring (bicyclic) bond motifs is 1. The Kier molecular flexibility index (Phi) is 4.77. The molecule has 3 aromatic rings. The lowest BCUT2D eigenvalue weighted by molar-refractivity contribution is -0.143. The van der Waals surface area contributed by atoms with Crippen molar-refractivity contribution in [2.45, 2.75) is 18.7 Å². The Morgan fingerprint density at radius 3 is 2.10 bits per heavy atom. The van der Waals surface area contributed by atoms with Gasteiger partial charge in [-0.2, -0.15) is 0 Å². The topological polar surface area (TPSA) is 49.9 Å². The van der Waals surface area contributed by atoms with Gasteiger partial charge in [0.1, 0.15) is 5.92 Å². The summed E-state index contributed by atoms with van der Waals surface area (Å²) in [7, 11) is 0. The third-order valence-electron chi connectivity index (χ3n) is 5.61. The lowest BCUT2D eigenvalue weighted by Gasteiger charge is -2.28. The summed E-state index contributed by atoms with van der Waals surface area (Å²) in [4.78, 5) is 34.0. The van der Waals surface area contributed by atoms with E-state index in [1.54, 1.807) is 17.2 Å². The molecule has 6 heteroatoms. The number of carbonyl (C=O) groups is 2. The summed E-state index contributed by atoms with van der Waals surface area (Å²) in [5, 5.41) is 2.30. The smallest absolute Gasteiger partial charge is 0.262 e. The number of rotatable bonds is 4. The molecule has 0 radical (unpaired) electrons. The summed E-state index contributed by atoms with van der Waals surface area (Å²) in [5.41, 5.74) is 2.57. The van der Waals surface area contributed by atoms with Gasteiger partial charge in [0.05, 0.1) is 18.3 Å². The summed E-state index contributed by atoms with van der Waals surface area (Å²) in [6.45, 7) is 0.244. The second-order valence-electron chi connectivity index (χ2n) is 7.46. The van der Waals surface area contributed by atoms with E-state index in [9.17, 15) is 9.59 Å². The average Bonchev–Trinajstić information content (AvgIpc) is 3.28. The number of likely N-dealkylation sites (tertiary alicyclic amines) is 1. The minimum atomic E-state index is -0.845. The zero-order valence-electron chi connectivity index (χ0n) is 16.0. The van der Waals surface area contributed by atoms with Crippen molar-refractivity contribution in [3.63, 3.8) is 0 Å². The Balaban J connectivity index is 1.52. The number of carbonyl (C=O) groups excluding carboxylic acids is 2. The maximum absolute atomic E-state index is 13.4. The Morgan fingerprint density at radius 2 is 1.43 bits per heavy atom. The fourth-order valence-corrected chi connectivity index (χ4v) is 4.32.